The zero-order chi connectivity index (χ0) is 24.5. The van der Waals surface area contributed by atoms with E-state index in [4.69, 9.17) is 0 Å². The summed E-state index contributed by atoms with van der Waals surface area (Å²) < 4.78 is 14.0. The monoisotopic (exact) mass is 489 g/mol. The van der Waals surface area contributed by atoms with Crippen molar-refractivity contribution in [2.24, 2.45) is 0 Å². The van der Waals surface area contributed by atoms with E-state index in [-0.39, 0.29) is 18.4 Å². The maximum Gasteiger partial charge on any atom is 0.259 e. The third-order valence-corrected chi connectivity index (χ3v) is 7.37. The van der Waals surface area contributed by atoms with Crippen LogP contribution in [0.3, 0.4) is 0 Å². The van der Waals surface area contributed by atoms with Crippen molar-refractivity contribution in [2.75, 3.05) is 29.9 Å². The Morgan fingerprint density at radius 1 is 1.00 bits per heavy atom. The van der Waals surface area contributed by atoms with Crippen molar-refractivity contribution in [2.45, 2.75) is 29.6 Å². The van der Waals surface area contributed by atoms with Crippen LogP contribution in [-0.2, 0) is 4.79 Å². The number of aryl methyl sites for hydroxylation is 1. The molecule has 0 unspecified atom stereocenters. The fraction of sp³-hybridized carbons (Fsp3) is 0.222. The molecule has 1 saturated heterocycles. The zero-order valence-electron chi connectivity index (χ0n) is 19.2. The molecule has 3 amide bonds. The fourth-order valence-corrected chi connectivity index (χ4v) is 5.39. The number of nitrogens with zero attached hydrogens (tertiary/aromatic N) is 2. The van der Waals surface area contributed by atoms with Crippen molar-refractivity contribution in [3.63, 3.8) is 0 Å². The number of amides is 3. The smallest absolute Gasteiger partial charge is 0.259 e. The molecule has 0 aromatic heterocycles. The number of benzene rings is 3. The number of hydrogen-bond acceptors (Lipinski definition) is 4. The van der Waals surface area contributed by atoms with Gasteiger partial charge in [-0.25, -0.2) is 4.39 Å². The lowest BCUT2D eigenvalue weighted by Crippen LogP contribution is -2.38. The lowest BCUT2D eigenvalue weighted by atomic mass is 10.1. The van der Waals surface area contributed by atoms with Gasteiger partial charge in [0.2, 0.25) is 5.91 Å². The first-order valence-corrected chi connectivity index (χ1v) is 12.3. The minimum Gasteiger partial charge on any atom is -0.339 e. The van der Waals surface area contributed by atoms with Crippen LogP contribution < -0.4 is 10.2 Å². The second-order valence-electron chi connectivity index (χ2n) is 8.68. The Morgan fingerprint density at radius 2 is 1.77 bits per heavy atom. The van der Waals surface area contributed by atoms with E-state index in [0.29, 0.717) is 41.2 Å². The number of halogens is 1. The first-order valence-electron chi connectivity index (χ1n) is 11.5. The van der Waals surface area contributed by atoms with Crippen molar-refractivity contribution in [1.29, 1.82) is 0 Å². The summed E-state index contributed by atoms with van der Waals surface area (Å²) in [6.45, 7) is 2.80. The lowest BCUT2D eigenvalue weighted by molar-refractivity contribution is -0.114. The second-order valence-corrected chi connectivity index (χ2v) is 9.77. The molecule has 178 valence electrons. The van der Waals surface area contributed by atoms with Crippen molar-refractivity contribution in [3.05, 3.63) is 83.2 Å². The van der Waals surface area contributed by atoms with Crippen LogP contribution in [-0.4, -0.2) is 42.3 Å². The highest BCUT2D eigenvalue weighted by atomic mass is 32.2. The number of carbonyl (C=O) groups excluding carboxylic acids is 3. The molecule has 2 heterocycles. The van der Waals surface area contributed by atoms with Crippen molar-refractivity contribution in [1.82, 2.24) is 4.90 Å². The van der Waals surface area contributed by atoms with Crippen LogP contribution >= 0.6 is 11.8 Å². The van der Waals surface area contributed by atoms with E-state index < -0.39 is 11.7 Å². The summed E-state index contributed by atoms with van der Waals surface area (Å²) in [6.07, 6.45) is 1.96. The summed E-state index contributed by atoms with van der Waals surface area (Å²) in [5, 5.41) is 2.68. The fourth-order valence-electron chi connectivity index (χ4n) is 4.33. The maximum atomic E-state index is 14.0. The SMILES string of the molecule is Cc1ccc(NC(=O)CN2C(=O)c3ccccc3Sc3ccc(C(=O)N4CCCC4)cc32)cc1F. The minimum atomic E-state index is -0.465. The largest absolute Gasteiger partial charge is 0.339 e. The Morgan fingerprint density at radius 3 is 2.54 bits per heavy atom. The van der Waals surface area contributed by atoms with Gasteiger partial charge < -0.3 is 10.2 Å². The topological polar surface area (TPSA) is 69.7 Å². The first kappa shape index (κ1) is 23.1. The summed E-state index contributed by atoms with van der Waals surface area (Å²) in [5.41, 5.74) is 2.26. The van der Waals surface area contributed by atoms with Gasteiger partial charge in [0.05, 0.1) is 11.3 Å². The molecule has 2 aliphatic rings. The van der Waals surface area contributed by atoms with Crippen molar-refractivity contribution >= 4 is 40.9 Å². The number of anilines is 2. The highest BCUT2D eigenvalue weighted by Crippen LogP contribution is 2.42. The highest BCUT2D eigenvalue weighted by Gasteiger charge is 2.30. The number of rotatable bonds is 4. The van der Waals surface area contributed by atoms with Crippen LogP contribution in [0.1, 0.15) is 39.1 Å². The molecule has 5 rings (SSSR count). The number of carbonyl (C=O) groups is 3. The summed E-state index contributed by atoms with van der Waals surface area (Å²) in [5.74, 6) is -1.30. The molecule has 0 bridgehead atoms. The maximum absolute atomic E-state index is 14.0. The number of hydrogen-bond donors (Lipinski definition) is 1. The van der Waals surface area contributed by atoms with E-state index >= 15 is 0 Å². The van der Waals surface area contributed by atoms with Gasteiger partial charge in [-0.2, -0.15) is 0 Å². The van der Waals surface area contributed by atoms with E-state index in [0.717, 1.165) is 22.6 Å². The number of fused-ring (bicyclic) bond motifs is 2. The highest BCUT2D eigenvalue weighted by molar-refractivity contribution is 7.99. The third kappa shape index (κ3) is 4.66. The molecule has 3 aromatic rings. The Labute approximate surface area is 207 Å². The molecule has 0 aliphatic carbocycles. The van der Waals surface area contributed by atoms with Gasteiger partial charge in [-0.05, 0) is 67.8 Å². The van der Waals surface area contributed by atoms with E-state index in [2.05, 4.69) is 5.32 Å². The molecule has 0 spiro atoms. The van der Waals surface area contributed by atoms with E-state index in [1.54, 1.807) is 43.3 Å². The summed E-state index contributed by atoms with van der Waals surface area (Å²) in [6, 6.07) is 17.0. The average Bonchev–Trinajstić information content (AvgIpc) is 3.36. The van der Waals surface area contributed by atoms with Gasteiger partial charge in [-0.15, -0.1) is 0 Å². The lowest BCUT2D eigenvalue weighted by Gasteiger charge is -2.24. The normalized spacial score (nSPS) is 14.9. The molecular formula is C27H24FN3O3S. The average molecular weight is 490 g/mol. The molecule has 1 N–H and O–H groups in total. The van der Waals surface area contributed by atoms with Crippen LogP contribution in [0, 0.1) is 12.7 Å². The van der Waals surface area contributed by atoms with E-state index in [1.807, 2.05) is 23.1 Å². The summed E-state index contributed by atoms with van der Waals surface area (Å²) in [4.78, 5) is 44.4. The molecule has 0 atom stereocenters. The Kier molecular flexibility index (Phi) is 6.30. The van der Waals surface area contributed by atoms with Crippen molar-refractivity contribution in [3.8, 4) is 0 Å². The summed E-state index contributed by atoms with van der Waals surface area (Å²) in [7, 11) is 0. The van der Waals surface area contributed by atoms with Gasteiger partial charge >= 0.3 is 0 Å². The summed E-state index contributed by atoms with van der Waals surface area (Å²) >= 11 is 1.43. The first-order chi connectivity index (χ1) is 16.9. The zero-order valence-corrected chi connectivity index (χ0v) is 20.0. The number of likely N-dealkylation sites (tertiary alicyclic amines) is 1. The standard InChI is InChI=1S/C27H24FN3O3S/c1-17-8-10-19(15-21(17)28)29-25(32)16-31-22-14-18(26(33)30-12-4-5-13-30)9-11-24(22)35-23-7-3-2-6-20(23)27(31)34/h2-3,6-11,14-15H,4-5,12-13,16H2,1H3,(H,29,32). The second kappa shape index (κ2) is 9.54. The van der Waals surface area contributed by atoms with E-state index in [9.17, 15) is 18.8 Å². The quantitative estimate of drug-likeness (QED) is 0.552. The van der Waals surface area contributed by atoms with Gasteiger partial charge in [0.15, 0.2) is 0 Å². The van der Waals surface area contributed by atoms with Crippen LogP contribution in [0.25, 0.3) is 0 Å². The molecule has 1 fully saturated rings. The van der Waals surface area contributed by atoms with E-state index in [1.165, 1.54) is 22.7 Å². The Bertz CT molecular complexity index is 1340. The Hall–Kier alpha value is -3.65. The van der Waals surface area contributed by atoms with Crippen LogP contribution in [0.5, 0.6) is 0 Å². The third-order valence-electron chi connectivity index (χ3n) is 6.23. The molecule has 2 aliphatic heterocycles. The van der Waals surface area contributed by atoms with Gasteiger partial charge in [0.25, 0.3) is 11.8 Å². The van der Waals surface area contributed by atoms with Crippen molar-refractivity contribution < 1.29 is 18.8 Å². The molecule has 35 heavy (non-hydrogen) atoms. The van der Waals surface area contributed by atoms with Gasteiger partial charge in [-0.3, -0.25) is 19.3 Å². The van der Waals surface area contributed by atoms with Gasteiger partial charge in [-0.1, -0.05) is 30.0 Å². The Balaban J connectivity index is 1.49. The van der Waals surface area contributed by atoms with Gasteiger partial charge in [0, 0.05) is 34.1 Å². The molecule has 3 aromatic carbocycles. The van der Waals surface area contributed by atoms with Crippen LogP contribution in [0.4, 0.5) is 15.8 Å². The van der Waals surface area contributed by atoms with Crippen LogP contribution in [0.2, 0.25) is 0 Å². The minimum absolute atomic E-state index is 0.0796. The molecule has 8 heteroatoms. The predicted octanol–water partition coefficient (Wildman–Crippen LogP) is 5.12. The predicted molar refractivity (Wildman–Crippen MR) is 134 cm³/mol. The molecular weight excluding hydrogens is 465 g/mol. The molecule has 6 nitrogen and oxygen atoms in total. The van der Waals surface area contributed by atoms with Gasteiger partial charge in [0.1, 0.15) is 12.4 Å². The number of nitrogens with one attached hydrogen (secondary N) is 1. The molecule has 0 saturated carbocycles. The molecule has 0 radical (unpaired) electrons. The van der Waals surface area contributed by atoms with Crippen LogP contribution in [0.15, 0.2) is 70.5 Å².